The van der Waals surface area contributed by atoms with Crippen LogP contribution >= 0.6 is 0 Å². The van der Waals surface area contributed by atoms with Gasteiger partial charge in [-0.25, -0.2) is 0 Å². The van der Waals surface area contributed by atoms with Crippen LogP contribution in [0.2, 0.25) is 0 Å². The first kappa shape index (κ1) is 15.0. The van der Waals surface area contributed by atoms with Crippen molar-refractivity contribution in [3.63, 3.8) is 0 Å². The standard InChI is InChI=1S/C18H15NO4/c1-11(20)15(16(21)12-7-3-2-4-8-12)18(23)13-9-5-6-10-14(13)19-17(18)22/h2-10,15,20,23H,1H2,(H,19,22)/t15-,18-/m0/s1. The Balaban J connectivity index is 2.14. The van der Waals surface area contributed by atoms with Crippen molar-refractivity contribution in [2.24, 2.45) is 5.92 Å². The number of fused-ring (bicyclic) bond motifs is 1. The summed E-state index contributed by atoms with van der Waals surface area (Å²) in [7, 11) is 0. The van der Waals surface area contributed by atoms with Crippen LogP contribution < -0.4 is 5.32 Å². The van der Waals surface area contributed by atoms with Crippen LogP contribution in [0.15, 0.2) is 66.9 Å². The summed E-state index contributed by atoms with van der Waals surface area (Å²) in [5, 5.41) is 23.5. The smallest absolute Gasteiger partial charge is 0.262 e. The molecule has 5 nitrogen and oxygen atoms in total. The van der Waals surface area contributed by atoms with Gasteiger partial charge in [0, 0.05) is 16.8 Å². The van der Waals surface area contributed by atoms with E-state index >= 15 is 0 Å². The highest BCUT2D eigenvalue weighted by molar-refractivity contribution is 6.11. The number of hydrogen-bond acceptors (Lipinski definition) is 4. The average molecular weight is 309 g/mol. The minimum absolute atomic E-state index is 0.245. The van der Waals surface area contributed by atoms with Crippen molar-refractivity contribution >= 4 is 17.4 Å². The molecule has 3 N–H and O–H groups in total. The van der Waals surface area contributed by atoms with Crippen LogP contribution in [0.25, 0.3) is 0 Å². The predicted octanol–water partition coefficient (Wildman–Crippen LogP) is 2.40. The molecule has 0 bridgehead atoms. The maximum absolute atomic E-state index is 12.8. The number of benzene rings is 2. The molecule has 1 aliphatic heterocycles. The second kappa shape index (κ2) is 5.37. The highest BCUT2D eigenvalue weighted by Gasteiger charge is 2.55. The number of carbonyl (C=O) groups excluding carboxylic acids is 2. The number of hydrogen-bond donors (Lipinski definition) is 3. The third kappa shape index (κ3) is 2.22. The molecule has 0 fully saturated rings. The van der Waals surface area contributed by atoms with Crippen LogP contribution in [-0.2, 0) is 10.4 Å². The lowest BCUT2D eigenvalue weighted by Crippen LogP contribution is -2.46. The van der Waals surface area contributed by atoms with Gasteiger partial charge in [0.15, 0.2) is 11.4 Å². The summed E-state index contributed by atoms with van der Waals surface area (Å²) in [4.78, 5) is 25.1. The van der Waals surface area contributed by atoms with Gasteiger partial charge < -0.3 is 15.5 Å². The number of aliphatic hydroxyl groups is 2. The summed E-state index contributed by atoms with van der Waals surface area (Å²) >= 11 is 0. The van der Waals surface area contributed by atoms with Crippen LogP contribution in [0.3, 0.4) is 0 Å². The average Bonchev–Trinajstić information content (AvgIpc) is 2.80. The number of anilines is 1. The summed E-state index contributed by atoms with van der Waals surface area (Å²) in [6.07, 6.45) is 0. The van der Waals surface area contributed by atoms with E-state index in [0.717, 1.165) is 0 Å². The fourth-order valence-electron chi connectivity index (χ4n) is 2.90. The van der Waals surface area contributed by atoms with Crippen molar-refractivity contribution in [3.8, 4) is 0 Å². The minimum Gasteiger partial charge on any atom is -0.512 e. The van der Waals surface area contributed by atoms with E-state index in [1.54, 1.807) is 54.6 Å². The van der Waals surface area contributed by atoms with Crippen molar-refractivity contribution < 1.29 is 19.8 Å². The van der Waals surface area contributed by atoms with Crippen LogP contribution in [0, 0.1) is 5.92 Å². The molecule has 0 aliphatic carbocycles. The van der Waals surface area contributed by atoms with Gasteiger partial charge >= 0.3 is 0 Å². The quantitative estimate of drug-likeness (QED) is 0.598. The molecule has 0 saturated heterocycles. The first-order valence-electron chi connectivity index (χ1n) is 7.06. The van der Waals surface area contributed by atoms with E-state index in [9.17, 15) is 19.8 Å². The molecular weight excluding hydrogens is 294 g/mol. The van der Waals surface area contributed by atoms with Crippen LogP contribution in [0.5, 0.6) is 0 Å². The maximum atomic E-state index is 12.8. The first-order chi connectivity index (χ1) is 11.0. The Labute approximate surface area is 132 Å². The third-order valence-electron chi connectivity index (χ3n) is 4.00. The van der Waals surface area contributed by atoms with E-state index in [1.807, 2.05) is 0 Å². The van der Waals surface area contributed by atoms with E-state index in [2.05, 4.69) is 11.9 Å². The summed E-state index contributed by atoms with van der Waals surface area (Å²) in [6, 6.07) is 14.7. The predicted molar refractivity (Wildman–Crippen MR) is 85.0 cm³/mol. The highest BCUT2D eigenvalue weighted by atomic mass is 16.3. The zero-order valence-corrected chi connectivity index (χ0v) is 12.2. The molecule has 1 amide bonds. The summed E-state index contributed by atoms with van der Waals surface area (Å²) < 4.78 is 0. The molecule has 0 aromatic heterocycles. The molecule has 2 aromatic carbocycles. The highest BCUT2D eigenvalue weighted by Crippen LogP contribution is 2.44. The molecule has 0 spiro atoms. The summed E-state index contributed by atoms with van der Waals surface area (Å²) in [5.41, 5.74) is -1.27. The van der Waals surface area contributed by atoms with Gasteiger partial charge in [0.25, 0.3) is 5.91 Å². The molecule has 23 heavy (non-hydrogen) atoms. The van der Waals surface area contributed by atoms with Gasteiger partial charge in [0.2, 0.25) is 0 Å². The maximum Gasteiger partial charge on any atom is 0.262 e. The number of carbonyl (C=O) groups is 2. The van der Waals surface area contributed by atoms with Crippen molar-refractivity contribution in [2.45, 2.75) is 5.60 Å². The molecular formula is C18H15NO4. The number of nitrogens with one attached hydrogen (secondary N) is 1. The molecule has 0 radical (unpaired) electrons. The molecule has 5 heteroatoms. The fraction of sp³-hybridized carbons (Fsp3) is 0.111. The normalized spacial score (nSPS) is 20.5. The van der Waals surface area contributed by atoms with Gasteiger partial charge in [-0.1, -0.05) is 55.1 Å². The number of rotatable bonds is 4. The van der Waals surface area contributed by atoms with Crippen LogP contribution in [0.4, 0.5) is 5.69 Å². The number of ketones is 1. The van der Waals surface area contributed by atoms with Gasteiger partial charge in [-0.3, -0.25) is 9.59 Å². The topological polar surface area (TPSA) is 86.6 Å². The van der Waals surface area contributed by atoms with E-state index in [4.69, 9.17) is 0 Å². The van der Waals surface area contributed by atoms with Crippen LogP contribution in [-0.4, -0.2) is 21.9 Å². The van der Waals surface area contributed by atoms with Gasteiger partial charge in [0.1, 0.15) is 5.92 Å². The second-order valence-corrected chi connectivity index (χ2v) is 5.42. The largest absolute Gasteiger partial charge is 0.512 e. The zero-order valence-electron chi connectivity index (χ0n) is 12.2. The lowest BCUT2D eigenvalue weighted by atomic mass is 9.77. The minimum atomic E-state index is -2.20. The third-order valence-corrected chi connectivity index (χ3v) is 4.00. The summed E-state index contributed by atoms with van der Waals surface area (Å²) in [5.74, 6) is -3.39. The molecule has 1 aliphatic rings. The van der Waals surface area contributed by atoms with Gasteiger partial charge in [-0.15, -0.1) is 0 Å². The Hall–Kier alpha value is -2.92. The van der Waals surface area contributed by atoms with Crippen LogP contribution in [0.1, 0.15) is 15.9 Å². The Kier molecular flexibility index (Phi) is 3.50. The molecule has 3 rings (SSSR count). The van der Waals surface area contributed by atoms with Gasteiger partial charge in [-0.2, -0.15) is 0 Å². The van der Waals surface area contributed by atoms with Crippen molar-refractivity contribution in [1.29, 1.82) is 0 Å². The molecule has 0 saturated carbocycles. The van der Waals surface area contributed by atoms with Gasteiger partial charge in [-0.05, 0) is 6.07 Å². The number of aliphatic hydroxyl groups excluding tert-OH is 1. The lowest BCUT2D eigenvalue weighted by Gasteiger charge is -2.29. The molecule has 116 valence electrons. The number of amides is 1. The summed E-state index contributed by atoms with van der Waals surface area (Å²) in [6.45, 7) is 3.39. The molecule has 2 aromatic rings. The zero-order chi connectivity index (χ0) is 16.6. The van der Waals surface area contributed by atoms with Gasteiger partial charge in [0.05, 0.1) is 5.76 Å². The second-order valence-electron chi connectivity index (χ2n) is 5.42. The van der Waals surface area contributed by atoms with Crippen molar-refractivity contribution in [3.05, 3.63) is 78.1 Å². The Morgan fingerprint density at radius 1 is 1.09 bits per heavy atom. The van der Waals surface area contributed by atoms with E-state index < -0.39 is 29.0 Å². The first-order valence-corrected chi connectivity index (χ1v) is 7.06. The molecule has 0 unspecified atom stereocenters. The van der Waals surface area contributed by atoms with E-state index in [-0.39, 0.29) is 11.1 Å². The van der Waals surface area contributed by atoms with Crippen molar-refractivity contribution in [1.82, 2.24) is 0 Å². The SMILES string of the molecule is C=C(O)[C@@H](C(=O)c1ccccc1)[C@]1(O)C(=O)Nc2ccccc21. The fourth-order valence-corrected chi connectivity index (χ4v) is 2.90. The molecule has 2 atom stereocenters. The monoisotopic (exact) mass is 309 g/mol. The Morgan fingerprint density at radius 3 is 2.35 bits per heavy atom. The van der Waals surface area contributed by atoms with E-state index in [0.29, 0.717) is 5.69 Å². The Morgan fingerprint density at radius 2 is 1.70 bits per heavy atom. The number of Topliss-reactive ketones (excluding diaryl/α,β-unsaturated/α-hetero) is 1. The molecule has 1 heterocycles. The van der Waals surface area contributed by atoms with E-state index in [1.165, 1.54) is 0 Å². The number of para-hydroxylation sites is 1. The Bertz CT molecular complexity index is 800. The lowest BCUT2D eigenvalue weighted by molar-refractivity contribution is -0.137. The van der Waals surface area contributed by atoms with Crippen molar-refractivity contribution in [2.75, 3.05) is 5.32 Å².